The Morgan fingerprint density at radius 2 is 1.89 bits per heavy atom. The number of anilines is 1. The van der Waals surface area contributed by atoms with Crippen LogP contribution >= 0.6 is 23.2 Å². The highest BCUT2D eigenvalue weighted by Gasteiger charge is 2.27. The molecule has 2 heterocycles. The molecule has 0 saturated heterocycles. The molecule has 28 heavy (non-hydrogen) atoms. The number of pyridine rings is 1. The van der Waals surface area contributed by atoms with Gasteiger partial charge in [-0.05, 0) is 43.3 Å². The standard InChI is InChI=1S/C18H17Cl2N3O4S/c1-13-11-18(22-27-13)23(28(24,25)16-7-8-17(20)21-12-16)9-2-10-26-15-5-3-14(19)4-6-15/h3-8,11-12H,2,9-10H2,1H3. The van der Waals surface area contributed by atoms with Crippen LogP contribution in [-0.4, -0.2) is 31.7 Å². The number of nitrogens with zero attached hydrogens (tertiary/aromatic N) is 3. The first-order chi connectivity index (χ1) is 13.4. The van der Waals surface area contributed by atoms with E-state index in [2.05, 4.69) is 10.1 Å². The largest absolute Gasteiger partial charge is 0.494 e. The van der Waals surface area contributed by atoms with Crippen LogP contribution in [0.4, 0.5) is 5.82 Å². The molecule has 0 bridgehead atoms. The van der Waals surface area contributed by atoms with Crippen LogP contribution < -0.4 is 9.04 Å². The number of rotatable bonds is 8. The van der Waals surface area contributed by atoms with E-state index in [0.29, 0.717) is 29.6 Å². The van der Waals surface area contributed by atoms with Crippen molar-refractivity contribution in [2.24, 2.45) is 0 Å². The van der Waals surface area contributed by atoms with Crippen molar-refractivity contribution in [2.45, 2.75) is 18.2 Å². The van der Waals surface area contributed by atoms with Crippen molar-refractivity contribution in [3.8, 4) is 5.75 Å². The average molecular weight is 442 g/mol. The normalized spacial score (nSPS) is 11.4. The van der Waals surface area contributed by atoms with Gasteiger partial charge in [0.2, 0.25) is 0 Å². The molecular formula is C18H17Cl2N3O4S. The summed E-state index contributed by atoms with van der Waals surface area (Å²) in [5, 5.41) is 4.66. The van der Waals surface area contributed by atoms with E-state index in [1.54, 1.807) is 37.3 Å². The predicted octanol–water partition coefficient (Wildman–Crippen LogP) is 4.35. The first-order valence-corrected chi connectivity index (χ1v) is 10.5. The molecule has 0 radical (unpaired) electrons. The van der Waals surface area contributed by atoms with Crippen molar-refractivity contribution in [1.82, 2.24) is 10.1 Å². The van der Waals surface area contributed by atoms with Crippen LogP contribution in [0.2, 0.25) is 10.2 Å². The summed E-state index contributed by atoms with van der Waals surface area (Å²) in [6.07, 6.45) is 1.64. The number of halogens is 2. The lowest BCUT2D eigenvalue weighted by Gasteiger charge is -2.21. The number of aromatic nitrogens is 2. The Bertz CT molecular complexity index is 1020. The van der Waals surface area contributed by atoms with Crippen LogP contribution in [0.25, 0.3) is 0 Å². The molecule has 0 atom stereocenters. The highest BCUT2D eigenvalue weighted by atomic mass is 35.5. The molecule has 0 aliphatic rings. The Balaban J connectivity index is 1.74. The molecule has 0 fully saturated rings. The molecule has 0 amide bonds. The molecule has 3 rings (SSSR count). The smallest absolute Gasteiger partial charge is 0.267 e. The van der Waals surface area contributed by atoms with E-state index in [9.17, 15) is 8.42 Å². The van der Waals surface area contributed by atoms with Crippen LogP contribution in [-0.2, 0) is 10.0 Å². The molecule has 10 heteroatoms. The Hall–Kier alpha value is -2.29. The van der Waals surface area contributed by atoms with Crippen molar-refractivity contribution >= 4 is 39.0 Å². The van der Waals surface area contributed by atoms with E-state index in [1.807, 2.05) is 0 Å². The minimum absolute atomic E-state index is 0.0103. The van der Waals surface area contributed by atoms with Crippen molar-refractivity contribution < 1.29 is 17.7 Å². The predicted molar refractivity (Wildman–Crippen MR) is 107 cm³/mol. The zero-order valence-electron chi connectivity index (χ0n) is 14.9. The van der Waals surface area contributed by atoms with Crippen LogP contribution in [0.3, 0.4) is 0 Å². The fourth-order valence-corrected chi connectivity index (χ4v) is 4.02. The zero-order valence-corrected chi connectivity index (χ0v) is 17.2. The monoisotopic (exact) mass is 441 g/mol. The summed E-state index contributed by atoms with van der Waals surface area (Å²) in [5.74, 6) is 1.35. The lowest BCUT2D eigenvalue weighted by atomic mass is 10.3. The minimum Gasteiger partial charge on any atom is -0.494 e. The van der Waals surface area contributed by atoms with Gasteiger partial charge < -0.3 is 9.26 Å². The number of hydrogen-bond donors (Lipinski definition) is 0. The Labute approximate surface area is 172 Å². The lowest BCUT2D eigenvalue weighted by molar-refractivity contribution is 0.313. The van der Waals surface area contributed by atoms with E-state index in [1.165, 1.54) is 22.6 Å². The number of sulfonamides is 1. The van der Waals surface area contributed by atoms with Crippen molar-refractivity contribution in [2.75, 3.05) is 17.5 Å². The lowest BCUT2D eigenvalue weighted by Crippen LogP contribution is -2.33. The van der Waals surface area contributed by atoms with Gasteiger partial charge in [0.15, 0.2) is 5.82 Å². The average Bonchev–Trinajstić information content (AvgIpc) is 3.09. The summed E-state index contributed by atoms with van der Waals surface area (Å²) in [6, 6.07) is 11.3. The van der Waals surface area contributed by atoms with Crippen molar-refractivity contribution in [3.63, 3.8) is 0 Å². The third-order valence-electron chi connectivity index (χ3n) is 3.75. The second-order valence-electron chi connectivity index (χ2n) is 5.85. The topological polar surface area (TPSA) is 85.5 Å². The third kappa shape index (κ3) is 4.95. The summed E-state index contributed by atoms with van der Waals surface area (Å²) < 4.78 is 38.0. The summed E-state index contributed by atoms with van der Waals surface area (Å²) in [4.78, 5) is 3.86. The molecule has 0 spiro atoms. The number of ether oxygens (including phenoxy) is 1. The Kier molecular flexibility index (Phi) is 6.43. The molecule has 0 N–H and O–H groups in total. The van der Waals surface area contributed by atoms with Crippen LogP contribution in [0.5, 0.6) is 5.75 Å². The van der Waals surface area contributed by atoms with E-state index >= 15 is 0 Å². The van der Waals surface area contributed by atoms with Gasteiger partial charge in [0, 0.05) is 30.3 Å². The molecule has 0 saturated carbocycles. The molecule has 1 aromatic carbocycles. The van der Waals surface area contributed by atoms with Gasteiger partial charge in [-0.3, -0.25) is 0 Å². The van der Waals surface area contributed by atoms with Gasteiger partial charge in [-0.15, -0.1) is 0 Å². The summed E-state index contributed by atoms with van der Waals surface area (Å²) in [5.41, 5.74) is 0. The van der Waals surface area contributed by atoms with E-state index in [-0.39, 0.29) is 22.4 Å². The highest BCUT2D eigenvalue weighted by molar-refractivity contribution is 7.92. The zero-order chi connectivity index (χ0) is 20.1. The number of benzene rings is 1. The molecule has 148 valence electrons. The highest BCUT2D eigenvalue weighted by Crippen LogP contribution is 2.24. The maximum absolute atomic E-state index is 13.1. The van der Waals surface area contributed by atoms with Gasteiger partial charge in [0.1, 0.15) is 21.6 Å². The number of aryl methyl sites for hydroxylation is 1. The van der Waals surface area contributed by atoms with E-state index < -0.39 is 10.0 Å². The Morgan fingerprint density at radius 3 is 2.50 bits per heavy atom. The molecule has 0 aliphatic carbocycles. The quantitative estimate of drug-likeness (QED) is 0.381. The molecule has 0 unspecified atom stereocenters. The molecule has 7 nitrogen and oxygen atoms in total. The van der Waals surface area contributed by atoms with Gasteiger partial charge in [0.05, 0.1) is 6.61 Å². The maximum atomic E-state index is 13.1. The van der Waals surface area contributed by atoms with Crippen molar-refractivity contribution in [3.05, 3.63) is 64.6 Å². The van der Waals surface area contributed by atoms with Gasteiger partial charge in [-0.2, -0.15) is 0 Å². The van der Waals surface area contributed by atoms with Crippen molar-refractivity contribution in [1.29, 1.82) is 0 Å². The summed E-state index contributed by atoms with van der Waals surface area (Å²) in [7, 11) is -3.89. The summed E-state index contributed by atoms with van der Waals surface area (Å²) >= 11 is 11.6. The van der Waals surface area contributed by atoms with Gasteiger partial charge in [-0.25, -0.2) is 17.7 Å². The first kappa shape index (κ1) is 20.4. The first-order valence-electron chi connectivity index (χ1n) is 8.32. The molecule has 2 aromatic heterocycles. The van der Waals surface area contributed by atoms with Crippen LogP contribution in [0.1, 0.15) is 12.2 Å². The van der Waals surface area contributed by atoms with Crippen LogP contribution in [0, 0.1) is 6.92 Å². The fourth-order valence-electron chi connectivity index (χ4n) is 2.40. The second-order valence-corrected chi connectivity index (χ2v) is 8.53. The van der Waals surface area contributed by atoms with E-state index in [4.69, 9.17) is 32.5 Å². The molecular weight excluding hydrogens is 425 g/mol. The van der Waals surface area contributed by atoms with Gasteiger partial charge in [-0.1, -0.05) is 28.4 Å². The third-order valence-corrected chi connectivity index (χ3v) is 6.01. The fraction of sp³-hybridized carbons (Fsp3) is 0.222. The summed E-state index contributed by atoms with van der Waals surface area (Å²) in [6.45, 7) is 2.14. The second kappa shape index (κ2) is 8.81. The molecule has 3 aromatic rings. The van der Waals surface area contributed by atoms with E-state index in [0.717, 1.165) is 0 Å². The minimum atomic E-state index is -3.89. The SMILES string of the molecule is Cc1cc(N(CCCOc2ccc(Cl)cc2)S(=O)(=O)c2ccc(Cl)nc2)no1. The molecule has 0 aliphatic heterocycles. The maximum Gasteiger partial charge on any atom is 0.267 e. The van der Waals surface area contributed by atoms with Crippen LogP contribution in [0.15, 0.2) is 58.1 Å². The van der Waals surface area contributed by atoms with Gasteiger partial charge in [0.25, 0.3) is 10.0 Å². The Morgan fingerprint density at radius 1 is 1.14 bits per heavy atom. The van der Waals surface area contributed by atoms with Gasteiger partial charge >= 0.3 is 0 Å². The number of hydrogen-bond acceptors (Lipinski definition) is 6.